The van der Waals surface area contributed by atoms with E-state index in [2.05, 4.69) is 11.6 Å². The number of nitrogens with two attached hydrogens (primary N) is 1. The highest BCUT2D eigenvalue weighted by Gasteiger charge is 2.22. The SMILES string of the molecule is CCCCCCNS(=O)(=O)c1cccc(F)c1C(N)=S. The Hall–Kier alpha value is -1.05. The Morgan fingerprint density at radius 1 is 1.35 bits per heavy atom. The highest BCUT2D eigenvalue weighted by molar-refractivity contribution is 7.89. The van der Waals surface area contributed by atoms with Crippen LogP contribution in [0.25, 0.3) is 0 Å². The standard InChI is InChI=1S/C13H19FN2O2S2/c1-2-3-4-5-9-16-20(17,18)11-8-6-7-10(14)12(11)13(15)19/h6-8,16H,2-5,9H2,1H3,(H2,15,19). The molecule has 1 rings (SSSR count). The first-order chi connectivity index (χ1) is 9.40. The molecule has 0 amide bonds. The summed E-state index contributed by atoms with van der Waals surface area (Å²) in [5.41, 5.74) is 5.17. The van der Waals surface area contributed by atoms with E-state index in [9.17, 15) is 12.8 Å². The fraction of sp³-hybridized carbons (Fsp3) is 0.462. The Morgan fingerprint density at radius 2 is 2.05 bits per heavy atom. The van der Waals surface area contributed by atoms with Gasteiger partial charge in [-0.15, -0.1) is 0 Å². The van der Waals surface area contributed by atoms with Crippen LogP contribution >= 0.6 is 12.2 Å². The largest absolute Gasteiger partial charge is 0.389 e. The van der Waals surface area contributed by atoms with Gasteiger partial charge in [0.25, 0.3) is 0 Å². The Kier molecular flexibility index (Phi) is 6.51. The number of benzene rings is 1. The van der Waals surface area contributed by atoms with Crippen molar-refractivity contribution >= 4 is 27.2 Å². The fourth-order valence-electron chi connectivity index (χ4n) is 1.80. The summed E-state index contributed by atoms with van der Waals surface area (Å²) in [5, 5.41) is 0. The number of unbranched alkanes of at least 4 members (excludes halogenated alkanes) is 3. The van der Waals surface area contributed by atoms with Crippen LogP contribution in [0.4, 0.5) is 4.39 Å². The molecule has 0 aliphatic rings. The second kappa shape index (κ2) is 7.66. The van der Waals surface area contributed by atoms with E-state index in [4.69, 9.17) is 18.0 Å². The molecule has 3 N–H and O–H groups in total. The van der Waals surface area contributed by atoms with Gasteiger partial charge in [0.2, 0.25) is 10.0 Å². The van der Waals surface area contributed by atoms with E-state index in [0.717, 1.165) is 31.7 Å². The Morgan fingerprint density at radius 3 is 2.65 bits per heavy atom. The maximum absolute atomic E-state index is 13.7. The highest BCUT2D eigenvalue weighted by atomic mass is 32.2. The van der Waals surface area contributed by atoms with Crippen LogP contribution in [0.3, 0.4) is 0 Å². The third-order valence-electron chi connectivity index (χ3n) is 2.83. The summed E-state index contributed by atoms with van der Waals surface area (Å²) >= 11 is 4.72. The van der Waals surface area contributed by atoms with Gasteiger partial charge >= 0.3 is 0 Å². The summed E-state index contributed by atoms with van der Waals surface area (Å²) in [6, 6.07) is 3.75. The third kappa shape index (κ3) is 4.50. The van der Waals surface area contributed by atoms with Crippen molar-refractivity contribution in [3.05, 3.63) is 29.6 Å². The third-order valence-corrected chi connectivity index (χ3v) is 4.54. The molecule has 0 aliphatic carbocycles. The Balaban J connectivity index is 2.88. The van der Waals surface area contributed by atoms with Crippen LogP contribution in [0.15, 0.2) is 23.1 Å². The van der Waals surface area contributed by atoms with E-state index >= 15 is 0 Å². The van der Waals surface area contributed by atoms with E-state index in [-0.39, 0.29) is 15.4 Å². The van der Waals surface area contributed by atoms with Gasteiger partial charge in [-0.1, -0.05) is 44.5 Å². The molecule has 0 bridgehead atoms. The van der Waals surface area contributed by atoms with Crippen LogP contribution in [0.1, 0.15) is 38.2 Å². The van der Waals surface area contributed by atoms with Crippen molar-refractivity contribution < 1.29 is 12.8 Å². The van der Waals surface area contributed by atoms with E-state index in [0.29, 0.717) is 6.54 Å². The summed E-state index contributed by atoms with van der Waals surface area (Å²) in [6.07, 6.45) is 3.82. The molecule has 0 saturated carbocycles. The highest BCUT2D eigenvalue weighted by Crippen LogP contribution is 2.18. The topological polar surface area (TPSA) is 72.2 Å². The number of halogens is 1. The van der Waals surface area contributed by atoms with Crippen LogP contribution in [0.5, 0.6) is 0 Å². The molecular weight excluding hydrogens is 299 g/mol. The maximum Gasteiger partial charge on any atom is 0.241 e. The van der Waals surface area contributed by atoms with Gasteiger partial charge in [0, 0.05) is 6.54 Å². The second-order valence-corrected chi connectivity index (χ2v) is 6.61. The van der Waals surface area contributed by atoms with Crippen LogP contribution in [0.2, 0.25) is 0 Å². The monoisotopic (exact) mass is 318 g/mol. The van der Waals surface area contributed by atoms with Gasteiger partial charge < -0.3 is 5.73 Å². The molecule has 4 nitrogen and oxygen atoms in total. The van der Waals surface area contributed by atoms with Crippen LogP contribution in [0, 0.1) is 5.82 Å². The second-order valence-electron chi connectivity index (χ2n) is 4.44. The lowest BCUT2D eigenvalue weighted by atomic mass is 10.2. The van der Waals surface area contributed by atoms with Crippen molar-refractivity contribution in [2.75, 3.05) is 6.54 Å². The molecule has 7 heteroatoms. The zero-order valence-corrected chi connectivity index (χ0v) is 13.0. The molecule has 112 valence electrons. The number of sulfonamides is 1. The number of rotatable bonds is 8. The van der Waals surface area contributed by atoms with Crippen molar-refractivity contribution in [3.8, 4) is 0 Å². The Bertz CT molecular complexity index is 574. The summed E-state index contributed by atoms with van der Waals surface area (Å²) in [5.74, 6) is -0.730. The van der Waals surface area contributed by atoms with Gasteiger partial charge in [0.05, 0.1) is 10.5 Å². The van der Waals surface area contributed by atoms with Crippen molar-refractivity contribution in [2.24, 2.45) is 5.73 Å². The maximum atomic E-state index is 13.7. The number of hydrogen-bond donors (Lipinski definition) is 2. The lowest BCUT2D eigenvalue weighted by Gasteiger charge is -2.11. The molecule has 0 aliphatic heterocycles. The van der Waals surface area contributed by atoms with Crippen molar-refractivity contribution in [3.63, 3.8) is 0 Å². The summed E-state index contributed by atoms with van der Waals surface area (Å²) < 4.78 is 40.4. The van der Waals surface area contributed by atoms with Gasteiger partial charge in [-0.2, -0.15) is 0 Å². The van der Waals surface area contributed by atoms with Gasteiger partial charge in [0.15, 0.2) is 0 Å². The minimum absolute atomic E-state index is 0.208. The smallest absolute Gasteiger partial charge is 0.241 e. The first-order valence-corrected chi connectivity index (χ1v) is 8.37. The van der Waals surface area contributed by atoms with Gasteiger partial charge in [-0.25, -0.2) is 17.5 Å². The molecule has 0 spiro atoms. The van der Waals surface area contributed by atoms with Gasteiger partial charge in [0.1, 0.15) is 10.8 Å². The number of nitrogens with one attached hydrogen (secondary N) is 1. The molecule has 1 aromatic rings. The Labute approximate surface area is 124 Å². The molecule has 0 atom stereocenters. The molecule has 0 fully saturated rings. The van der Waals surface area contributed by atoms with Crippen LogP contribution < -0.4 is 10.5 Å². The summed E-state index contributed by atoms with van der Waals surface area (Å²) in [6.45, 7) is 2.39. The lowest BCUT2D eigenvalue weighted by molar-refractivity contribution is 0.570. The molecule has 1 aromatic carbocycles. The minimum atomic E-state index is -3.80. The van der Waals surface area contributed by atoms with Crippen molar-refractivity contribution in [2.45, 2.75) is 37.5 Å². The zero-order valence-electron chi connectivity index (χ0n) is 11.4. The van der Waals surface area contributed by atoms with Crippen molar-refractivity contribution in [1.29, 1.82) is 0 Å². The normalized spacial score (nSPS) is 11.5. The zero-order chi connectivity index (χ0) is 15.2. The molecule has 0 unspecified atom stereocenters. The lowest BCUT2D eigenvalue weighted by Crippen LogP contribution is -2.28. The van der Waals surface area contributed by atoms with Crippen molar-refractivity contribution in [1.82, 2.24) is 4.72 Å². The molecule has 0 saturated heterocycles. The van der Waals surface area contributed by atoms with Crippen LogP contribution in [-0.2, 0) is 10.0 Å². The summed E-state index contributed by atoms with van der Waals surface area (Å²) in [7, 11) is -3.80. The van der Waals surface area contributed by atoms with E-state index < -0.39 is 15.8 Å². The average molecular weight is 318 g/mol. The quantitative estimate of drug-likeness (QED) is 0.570. The summed E-state index contributed by atoms with van der Waals surface area (Å²) in [4.78, 5) is -0.477. The number of thiocarbonyl (C=S) groups is 1. The molecule has 0 heterocycles. The number of hydrogen-bond acceptors (Lipinski definition) is 3. The predicted octanol–water partition coefficient (Wildman–Crippen LogP) is 2.32. The average Bonchev–Trinajstić information content (AvgIpc) is 2.37. The van der Waals surface area contributed by atoms with E-state index in [1.165, 1.54) is 12.1 Å². The predicted molar refractivity (Wildman–Crippen MR) is 81.6 cm³/mol. The first-order valence-electron chi connectivity index (χ1n) is 6.48. The molecule has 20 heavy (non-hydrogen) atoms. The van der Waals surface area contributed by atoms with Gasteiger partial charge in [-0.3, -0.25) is 0 Å². The van der Waals surface area contributed by atoms with Gasteiger partial charge in [-0.05, 0) is 18.6 Å². The van der Waals surface area contributed by atoms with E-state index in [1.54, 1.807) is 0 Å². The first kappa shape index (κ1) is 17.0. The molecule has 0 radical (unpaired) electrons. The van der Waals surface area contributed by atoms with Crippen LogP contribution in [-0.4, -0.2) is 20.0 Å². The molecule has 0 aromatic heterocycles. The van der Waals surface area contributed by atoms with E-state index in [1.807, 2.05) is 0 Å². The minimum Gasteiger partial charge on any atom is -0.389 e. The molecular formula is C13H19FN2O2S2. The fourth-order valence-corrected chi connectivity index (χ4v) is 3.38.